The van der Waals surface area contributed by atoms with Gasteiger partial charge in [0.1, 0.15) is 0 Å². The number of hydrogen-bond donors (Lipinski definition) is 1. The van der Waals surface area contributed by atoms with Crippen LogP contribution in [0.2, 0.25) is 0 Å². The van der Waals surface area contributed by atoms with Crippen molar-refractivity contribution in [2.24, 2.45) is 5.92 Å². The van der Waals surface area contributed by atoms with E-state index in [9.17, 15) is 4.79 Å². The number of hydrogen-bond acceptors (Lipinski definition) is 3. The predicted molar refractivity (Wildman–Crippen MR) is 62.5 cm³/mol. The first kappa shape index (κ1) is 11.9. The van der Waals surface area contributed by atoms with Crippen LogP contribution in [0.1, 0.15) is 25.7 Å². The van der Waals surface area contributed by atoms with E-state index in [1.807, 2.05) is 0 Å². The lowest BCUT2D eigenvalue weighted by Crippen LogP contribution is -2.46. The molecule has 0 saturated carbocycles. The Morgan fingerprint density at radius 2 is 2.06 bits per heavy atom. The van der Waals surface area contributed by atoms with Crippen molar-refractivity contribution < 1.29 is 9.90 Å². The summed E-state index contributed by atoms with van der Waals surface area (Å²) >= 11 is 0. The normalized spacial score (nSPS) is 33.1. The second kappa shape index (κ2) is 5.15. The average molecular weight is 226 g/mol. The van der Waals surface area contributed by atoms with Crippen LogP contribution in [0.15, 0.2) is 0 Å². The molecule has 0 bridgehead atoms. The third-order valence-corrected chi connectivity index (χ3v) is 4.05. The lowest BCUT2D eigenvalue weighted by Gasteiger charge is -2.39. The first-order valence-corrected chi connectivity index (χ1v) is 6.31. The standard InChI is InChI=1S/C12H22N2O2/c1-13-6-4-11-10(9-12(15)16)3-2-5-14(11)8-7-13/h10-11H,2-9H2,1H3,(H,15,16). The Bertz CT molecular complexity index is 257. The van der Waals surface area contributed by atoms with Gasteiger partial charge in [0.05, 0.1) is 0 Å². The summed E-state index contributed by atoms with van der Waals surface area (Å²) in [5, 5.41) is 8.95. The monoisotopic (exact) mass is 226 g/mol. The van der Waals surface area contributed by atoms with Gasteiger partial charge < -0.3 is 10.0 Å². The number of likely N-dealkylation sites (N-methyl/N-ethyl adjacent to an activating group) is 1. The molecule has 0 aromatic heterocycles. The molecule has 0 spiro atoms. The third-order valence-electron chi connectivity index (χ3n) is 4.05. The predicted octanol–water partition coefficient (Wildman–Crippen LogP) is 0.877. The SMILES string of the molecule is CN1CCC2C(CC(=O)O)CCCN2CC1. The van der Waals surface area contributed by atoms with Crippen LogP contribution in [0.5, 0.6) is 0 Å². The van der Waals surface area contributed by atoms with Crippen molar-refractivity contribution in [3.8, 4) is 0 Å². The van der Waals surface area contributed by atoms with E-state index < -0.39 is 5.97 Å². The Morgan fingerprint density at radius 3 is 2.81 bits per heavy atom. The molecule has 0 aromatic carbocycles. The van der Waals surface area contributed by atoms with Gasteiger partial charge in [-0.1, -0.05) is 0 Å². The van der Waals surface area contributed by atoms with Crippen LogP contribution in [0, 0.1) is 5.92 Å². The lowest BCUT2D eigenvalue weighted by atomic mass is 9.85. The Kier molecular flexibility index (Phi) is 3.82. The summed E-state index contributed by atoms with van der Waals surface area (Å²) in [7, 11) is 2.16. The highest BCUT2D eigenvalue weighted by Crippen LogP contribution is 2.29. The van der Waals surface area contributed by atoms with Gasteiger partial charge in [0, 0.05) is 25.6 Å². The maximum absolute atomic E-state index is 10.9. The number of rotatable bonds is 2. The van der Waals surface area contributed by atoms with Gasteiger partial charge >= 0.3 is 5.97 Å². The molecule has 1 N–H and O–H groups in total. The topological polar surface area (TPSA) is 43.8 Å². The Hall–Kier alpha value is -0.610. The van der Waals surface area contributed by atoms with Gasteiger partial charge in [-0.3, -0.25) is 9.69 Å². The fourth-order valence-corrected chi connectivity index (χ4v) is 3.13. The first-order valence-electron chi connectivity index (χ1n) is 6.31. The minimum absolute atomic E-state index is 0.352. The minimum Gasteiger partial charge on any atom is -0.481 e. The van der Waals surface area contributed by atoms with Crippen molar-refractivity contribution in [3.05, 3.63) is 0 Å². The van der Waals surface area contributed by atoms with E-state index in [1.165, 1.54) is 0 Å². The number of piperidine rings is 1. The second-order valence-corrected chi connectivity index (χ2v) is 5.20. The first-order chi connectivity index (χ1) is 7.66. The van der Waals surface area contributed by atoms with Crippen LogP contribution in [0.4, 0.5) is 0 Å². The molecule has 0 aliphatic carbocycles. The molecular formula is C12H22N2O2. The van der Waals surface area contributed by atoms with Gasteiger partial charge in [0.25, 0.3) is 0 Å². The van der Waals surface area contributed by atoms with E-state index in [0.717, 1.165) is 45.4 Å². The molecule has 92 valence electrons. The summed E-state index contributed by atoms with van der Waals surface area (Å²) in [5.74, 6) is -0.262. The molecule has 16 heavy (non-hydrogen) atoms. The number of carboxylic acids is 1. The van der Waals surface area contributed by atoms with Crippen LogP contribution in [-0.2, 0) is 4.79 Å². The van der Waals surface area contributed by atoms with Crippen molar-refractivity contribution in [3.63, 3.8) is 0 Å². The van der Waals surface area contributed by atoms with Gasteiger partial charge in [-0.05, 0) is 45.3 Å². The maximum Gasteiger partial charge on any atom is 0.303 e. The molecule has 4 nitrogen and oxygen atoms in total. The van der Waals surface area contributed by atoms with Crippen LogP contribution >= 0.6 is 0 Å². The summed E-state index contributed by atoms with van der Waals surface area (Å²) in [6.07, 6.45) is 3.74. The number of aliphatic carboxylic acids is 1. The molecule has 2 unspecified atom stereocenters. The Labute approximate surface area is 97.2 Å². The number of carboxylic acid groups (broad SMARTS) is 1. The molecule has 2 heterocycles. The van der Waals surface area contributed by atoms with Crippen molar-refractivity contribution in [2.45, 2.75) is 31.7 Å². The highest BCUT2D eigenvalue weighted by Gasteiger charge is 2.33. The lowest BCUT2D eigenvalue weighted by molar-refractivity contribution is -0.139. The molecule has 2 aliphatic rings. The Morgan fingerprint density at radius 1 is 1.25 bits per heavy atom. The highest BCUT2D eigenvalue weighted by atomic mass is 16.4. The van der Waals surface area contributed by atoms with Crippen molar-refractivity contribution in [2.75, 3.05) is 33.2 Å². The van der Waals surface area contributed by atoms with E-state index in [1.54, 1.807) is 0 Å². The van der Waals surface area contributed by atoms with Crippen molar-refractivity contribution in [1.29, 1.82) is 0 Å². The fraction of sp³-hybridized carbons (Fsp3) is 0.917. The van der Waals surface area contributed by atoms with Crippen molar-refractivity contribution in [1.82, 2.24) is 9.80 Å². The van der Waals surface area contributed by atoms with E-state index >= 15 is 0 Å². The average Bonchev–Trinajstić information content (AvgIpc) is 2.41. The van der Waals surface area contributed by atoms with E-state index in [0.29, 0.717) is 18.4 Å². The van der Waals surface area contributed by atoms with Crippen LogP contribution in [0.25, 0.3) is 0 Å². The van der Waals surface area contributed by atoms with Crippen molar-refractivity contribution >= 4 is 5.97 Å². The number of nitrogens with zero attached hydrogens (tertiary/aromatic N) is 2. The smallest absolute Gasteiger partial charge is 0.303 e. The summed E-state index contributed by atoms with van der Waals surface area (Å²) in [5.41, 5.74) is 0. The van der Waals surface area contributed by atoms with Gasteiger partial charge in [-0.15, -0.1) is 0 Å². The molecule has 2 aliphatic heterocycles. The quantitative estimate of drug-likeness (QED) is 0.759. The molecule has 0 aromatic rings. The van der Waals surface area contributed by atoms with Gasteiger partial charge in [-0.25, -0.2) is 0 Å². The molecule has 2 rings (SSSR count). The minimum atomic E-state index is -0.635. The molecule has 2 atom stereocenters. The molecule has 0 amide bonds. The molecule has 2 saturated heterocycles. The Balaban J connectivity index is 2.01. The molecule has 2 fully saturated rings. The zero-order valence-electron chi connectivity index (χ0n) is 10.1. The van der Waals surface area contributed by atoms with Crippen LogP contribution in [0.3, 0.4) is 0 Å². The zero-order valence-corrected chi connectivity index (χ0v) is 10.1. The molecule has 4 heteroatoms. The van der Waals surface area contributed by atoms with E-state index in [4.69, 9.17) is 5.11 Å². The van der Waals surface area contributed by atoms with Crippen LogP contribution < -0.4 is 0 Å². The third kappa shape index (κ3) is 2.74. The number of fused-ring (bicyclic) bond motifs is 1. The van der Waals surface area contributed by atoms with Gasteiger partial charge in [0.15, 0.2) is 0 Å². The van der Waals surface area contributed by atoms with E-state index in [2.05, 4.69) is 16.8 Å². The summed E-state index contributed by atoms with van der Waals surface area (Å²) in [4.78, 5) is 15.7. The molecular weight excluding hydrogens is 204 g/mol. The molecule has 0 radical (unpaired) electrons. The van der Waals surface area contributed by atoms with E-state index in [-0.39, 0.29) is 0 Å². The summed E-state index contributed by atoms with van der Waals surface area (Å²) in [6, 6.07) is 0.509. The second-order valence-electron chi connectivity index (χ2n) is 5.20. The summed E-state index contributed by atoms with van der Waals surface area (Å²) < 4.78 is 0. The maximum atomic E-state index is 10.9. The van der Waals surface area contributed by atoms with Crippen LogP contribution in [-0.4, -0.2) is 60.1 Å². The van der Waals surface area contributed by atoms with Gasteiger partial charge in [-0.2, -0.15) is 0 Å². The van der Waals surface area contributed by atoms with Gasteiger partial charge in [0.2, 0.25) is 0 Å². The zero-order chi connectivity index (χ0) is 11.5. The number of carbonyl (C=O) groups is 1. The fourth-order valence-electron chi connectivity index (χ4n) is 3.13. The largest absolute Gasteiger partial charge is 0.481 e. The summed E-state index contributed by atoms with van der Waals surface area (Å²) in [6.45, 7) is 4.50. The highest BCUT2D eigenvalue weighted by molar-refractivity contribution is 5.67.